The van der Waals surface area contributed by atoms with Crippen LogP contribution in [-0.4, -0.2) is 16.5 Å². The molecule has 0 radical (unpaired) electrons. The number of rotatable bonds is 6. The minimum atomic E-state index is 0.265. The highest BCUT2D eigenvalue weighted by Crippen LogP contribution is 2.16. The number of nitrogens with zero attached hydrogens (tertiary/aromatic N) is 1. The number of hydrogen-bond donors (Lipinski definition) is 0. The maximum Gasteiger partial charge on any atom is 0.255 e. The molecule has 0 aliphatic heterocycles. The molecule has 4 heteroatoms. The lowest BCUT2D eigenvalue weighted by molar-refractivity contribution is -0.117. The lowest BCUT2D eigenvalue weighted by Crippen LogP contribution is -1.90. The number of oxazole rings is 1. The van der Waals surface area contributed by atoms with E-state index in [4.69, 9.17) is 4.42 Å². The Bertz CT molecular complexity index is 246. The van der Waals surface area contributed by atoms with Crippen molar-refractivity contribution in [2.24, 2.45) is 0 Å². The zero-order valence-corrected chi connectivity index (χ0v) is 8.47. The largest absolute Gasteiger partial charge is 0.440 e. The highest BCUT2D eigenvalue weighted by atomic mass is 32.2. The second-order valence-corrected chi connectivity index (χ2v) is 3.85. The molecule has 0 N–H and O–H groups in total. The molecule has 3 nitrogen and oxygen atoms in total. The van der Waals surface area contributed by atoms with Gasteiger partial charge in [-0.15, -0.1) is 0 Å². The zero-order valence-electron chi connectivity index (χ0n) is 7.66. The third-order valence-corrected chi connectivity index (χ3v) is 2.50. The van der Waals surface area contributed by atoms with E-state index in [2.05, 4.69) is 4.98 Å². The molecule has 72 valence electrons. The first-order valence-corrected chi connectivity index (χ1v) is 5.29. The van der Waals surface area contributed by atoms with E-state index in [1.54, 1.807) is 31.1 Å². The molecule has 0 bridgehead atoms. The number of carbonyl (C=O) groups is 1. The number of aromatic nitrogens is 1. The maximum absolute atomic E-state index is 10.6. The summed E-state index contributed by atoms with van der Waals surface area (Å²) in [4.78, 5) is 14.6. The number of Topliss-reactive ketones (excluding diaryl/α,β-unsaturated/α-hetero) is 1. The lowest BCUT2D eigenvalue weighted by atomic mass is 10.2. The Morgan fingerprint density at radius 1 is 1.62 bits per heavy atom. The fourth-order valence-corrected chi connectivity index (χ4v) is 1.70. The summed E-state index contributed by atoms with van der Waals surface area (Å²) in [6.45, 7) is 1.63. The van der Waals surface area contributed by atoms with Gasteiger partial charge < -0.3 is 9.21 Å². The van der Waals surface area contributed by atoms with Crippen LogP contribution in [0.15, 0.2) is 22.1 Å². The standard InChI is InChI=1S/C9H13NO2S/c1-8(11)4-2-3-7-13-9-10-5-6-12-9/h5-6H,2-4,7H2,1H3. The molecule has 1 rings (SSSR count). The molecular weight excluding hydrogens is 186 g/mol. The van der Waals surface area contributed by atoms with E-state index in [0.29, 0.717) is 11.6 Å². The van der Waals surface area contributed by atoms with Crippen LogP contribution in [0.25, 0.3) is 0 Å². The molecule has 13 heavy (non-hydrogen) atoms. The molecule has 1 aromatic rings. The van der Waals surface area contributed by atoms with Crippen molar-refractivity contribution in [3.8, 4) is 0 Å². The molecule has 0 amide bonds. The molecule has 0 unspecified atom stereocenters. The predicted molar refractivity (Wildman–Crippen MR) is 51.8 cm³/mol. The van der Waals surface area contributed by atoms with Crippen LogP contribution in [0.5, 0.6) is 0 Å². The monoisotopic (exact) mass is 199 g/mol. The number of ketones is 1. The van der Waals surface area contributed by atoms with Crippen LogP contribution in [0.1, 0.15) is 26.2 Å². The molecular formula is C9H13NO2S. The molecule has 0 fully saturated rings. The van der Waals surface area contributed by atoms with Gasteiger partial charge in [0.1, 0.15) is 12.0 Å². The van der Waals surface area contributed by atoms with E-state index in [9.17, 15) is 4.79 Å². The minimum Gasteiger partial charge on any atom is -0.440 e. The van der Waals surface area contributed by atoms with Gasteiger partial charge in [0, 0.05) is 12.2 Å². The summed E-state index contributed by atoms with van der Waals surface area (Å²) >= 11 is 1.59. The van der Waals surface area contributed by atoms with E-state index in [-0.39, 0.29) is 5.78 Å². The van der Waals surface area contributed by atoms with Gasteiger partial charge in [-0.3, -0.25) is 0 Å². The molecule has 0 aliphatic carbocycles. The molecule has 0 saturated carbocycles. The fraction of sp³-hybridized carbons (Fsp3) is 0.556. The maximum atomic E-state index is 10.6. The first-order valence-electron chi connectivity index (χ1n) is 4.31. The van der Waals surface area contributed by atoms with E-state index in [0.717, 1.165) is 18.6 Å². The zero-order chi connectivity index (χ0) is 9.52. The Hall–Kier alpha value is -0.770. The van der Waals surface area contributed by atoms with Crippen LogP contribution in [0.4, 0.5) is 0 Å². The average molecular weight is 199 g/mol. The summed E-state index contributed by atoms with van der Waals surface area (Å²) in [5.74, 6) is 1.23. The van der Waals surface area contributed by atoms with Crippen LogP contribution < -0.4 is 0 Å². The van der Waals surface area contributed by atoms with E-state index < -0.39 is 0 Å². The highest BCUT2D eigenvalue weighted by Gasteiger charge is 1.98. The third-order valence-electron chi connectivity index (χ3n) is 1.56. The summed E-state index contributed by atoms with van der Waals surface area (Å²) in [6, 6.07) is 0. The summed E-state index contributed by atoms with van der Waals surface area (Å²) in [6.07, 6.45) is 5.89. The second kappa shape index (κ2) is 5.80. The van der Waals surface area contributed by atoms with Gasteiger partial charge >= 0.3 is 0 Å². The van der Waals surface area contributed by atoms with Gasteiger partial charge in [0.2, 0.25) is 0 Å². The van der Waals surface area contributed by atoms with Crippen LogP contribution in [-0.2, 0) is 4.79 Å². The van der Waals surface area contributed by atoms with Gasteiger partial charge in [-0.25, -0.2) is 4.98 Å². The Morgan fingerprint density at radius 2 is 2.46 bits per heavy atom. The Kier molecular flexibility index (Phi) is 4.60. The Labute approximate surface area is 81.9 Å². The number of carbonyl (C=O) groups excluding carboxylic acids is 1. The van der Waals surface area contributed by atoms with Crippen molar-refractivity contribution in [2.75, 3.05) is 5.75 Å². The fourth-order valence-electron chi connectivity index (χ4n) is 0.917. The molecule has 0 saturated heterocycles. The van der Waals surface area contributed by atoms with Crippen molar-refractivity contribution >= 4 is 17.5 Å². The van der Waals surface area contributed by atoms with Crippen LogP contribution >= 0.6 is 11.8 Å². The first kappa shape index (κ1) is 10.3. The predicted octanol–water partition coefficient (Wildman–Crippen LogP) is 2.53. The SMILES string of the molecule is CC(=O)CCCCSc1ncco1. The Balaban J connectivity index is 1.99. The van der Waals surface area contributed by atoms with Crippen molar-refractivity contribution in [2.45, 2.75) is 31.4 Å². The van der Waals surface area contributed by atoms with Gasteiger partial charge in [0.05, 0.1) is 6.20 Å². The van der Waals surface area contributed by atoms with Crippen LogP contribution in [0, 0.1) is 0 Å². The van der Waals surface area contributed by atoms with E-state index in [1.165, 1.54) is 0 Å². The minimum absolute atomic E-state index is 0.265. The first-order chi connectivity index (χ1) is 6.29. The van der Waals surface area contributed by atoms with E-state index >= 15 is 0 Å². The number of hydrogen-bond acceptors (Lipinski definition) is 4. The van der Waals surface area contributed by atoms with Crippen LogP contribution in [0.2, 0.25) is 0 Å². The summed E-state index contributed by atoms with van der Waals surface area (Å²) in [7, 11) is 0. The van der Waals surface area contributed by atoms with Gasteiger partial charge in [0.15, 0.2) is 0 Å². The highest BCUT2D eigenvalue weighted by molar-refractivity contribution is 7.99. The summed E-state index contributed by atoms with van der Waals surface area (Å²) < 4.78 is 5.05. The average Bonchev–Trinajstić information content (AvgIpc) is 2.55. The summed E-state index contributed by atoms with van der Waals surface area (Å²) in [5, 5.41) is 0.711. The molecule has 0 atom stereocenters. The van der Waals surface area contributed by atoms with Crippen LogP contribution in [0.3, 0.4) is 0 Å². The topological polar surface area (TPSA) is 43.1 Å². The summed E-state index contributed by atoms with van der Waals surface area (Å²) in [5.41, 5.74) is 0. The number of thioether (sulfide) groups is 1. The molecule has 1 aromatic heterocycles. The van der Waals surface area contributed by atoms with Crippen molar-refractivity contribution in [1.82, 2.24) is 4.98 Å². The Morgan fingerprint density at radius 3 is 3.08 bits per heavy atom. The lowest BCUT2D eigenvalue weighted by Gasteiger charge is -1.95. The second-order valence-electron chi connectivity index (χ2n) is 2.81. The van der Waals surface area contributed by atoms with Gasteiger partial charge in [-0.05, 0) is 19.8 Å². The van der Waals surface area contributed by atoms with Crippen molar-refractivity contribution in [1.29, 1.82) is 0 Å². The van der Waals surface area contributed by atoms with Gasteiger partial charge in [-0.1, -0.05) is 11.8 Å². The molecule has 0 aromatic carbocycles. The molecule has 0 spiro atoms. The smallest absolute Gasteiger partial charge is 0.255 e. The van der Waals surface area contributed by atoms with Gasteiger partial charge in [-0.2, -0.15) is 0 Å². The van der Waals surface area contributed by atoms with Crippen molar-refractivity contribution in [3.05, 3.63) is 12.5 Å². The van der Waals surface area contributed by atoms with Gasteiger partial charge in [0.25, 0.3) is 5.22 Å². The van der Waals surface area contributed by atoms with Crippen molar-refractivity contribution in [3.63, 3.8) is 0 Å². The molecule has 0 aliphatic rings. The van der Waals surface area contributed by atoms with Crippen molar-refractivity contribution < 1.29 is 9.21 Å². The quantitative estimate of drug-likeness (QED) is 0.521. The number of unbranched alkanes of at least 4 members (excludes halogenated alkanes) is 1. The normalized spacial score (nSPS) is 10.2. The molecule has 1 heterocycles. The van der Waals surface area contributed by atoms with E-state index in [1.807, 2.05) is 0 Å². The third kappa shape index (κ3) is 4.72.